The molecule has 1 rings (SSSR count). The maximum atomic E-state index is 13.4. The largest absolute Gasteiger partial charge is 0.490 e. The SMILES string of the molecule is CCC1(CC)NC(=O)CCCCCCCN(C(C)=O)C[C@H](CCCN=C(N)N)CC1=O.O=C(O)C(F)(F)F. The van der Waals surface area contributed by atoms with Crippen LogP contribution in [0.3, 0.4) is 0 Å². The molecule has 13 heteroatoms. The van der Waals surface area contributed by atoms with Crippen molar-refractivity contribution in [1.82, 2.24) is 10.2 Å². The molecule has 0 aliphatic carbocycles. The van der Waals surface area contributed by atoms with Gasteiger partial charge in [0, 0.05) is 39.4 Å². The molecule has 0 unspecified atom stereocenters. The molecule has 6 N–H and O–H groups in total. The highest BCUT2D eigenvalue weighted by molar-refractivity contribution is 5.93. The first kappa shape index (κ1) is 35.1. The average molecular weight is 552 g/mol. The highest BCUT2D eigenvalue weighted by Crippen LogP contribution is 2.25. The number of ketones is 1. The molecule has 0 spiro atoms. The van der Waals surface area contributed by atoms with Gasteiger partial charge >= 0.3 is 12.1 Å². The van der Waals surface area contributed by atoms with Crippen LogP contribution in [-0.2, 0) is 19.2 Å². The van der Waals surface area contributed by atoms with E-state index >= 15 is 0 Å². The van der Waals surface area contributed by atoms with Gasteiger partial charge in [0.05, 0.1) is 5.54 Å². The smallest absolute Gasteiger partial charge is 0.475 e. The Labute approximate surface area is 222 Å². The predicted octanol–water partition coefficient (Wildman–Crippen LogP) is 3.13. The van der Waals surface area contributed by atoms with Gasteiger partial charge in [0.25, 0.3) is 0 Å². The number of carbonyl (C=O) groups is 4. The number of carboxylic acids is 1. The number of nitrogens with one attached hydrogen (secondary N) is 1. The van der Waals surface area contributed by atoms with Crippen molar-refractivity contribution in [2.24, 2.45) is 22.4 Å². The second kappa shape index (κ2) is 17.6. The number of alkyl halides is 3. The Morgan fingerprint density at radius 2 is 1.66 bits per heavy atom. The van der Waals surface area contributed by atoms with Crippen molar-refractivity contribution in [3.05, 3.63) is 0 Å². The van der Waals surface area contributed by atoms with E-state index in [1.165, 1.54) is 0 Å². The van der Waals surface area contributed by atoms with E-state index in [0.29, 0.717) is 45.3 Å². The number of Topliss-reactive ketones (excluding diaryl/α,β-unsaturated/α-hetero) is 1. The molecular formula is C25H44F3N5O5. The summed E-state index contributed by atoms with van der Waals surface area (Å²) in [5.41, 5.74) is 10.00. The van der Waals surface area contributed by atoms with Gasteiger partial charge in [-0.05, 0) is 44.4 Å². The minimum atomic E-state index is -5.08. The predicted molar refractivity (Wildman–Crippen MR) is 138 cm³/mol. The number of nitrogens with zero attached hydrogens (tertiary/aromatic N) is 2. The zero-order valence-electron chi connectivity index (χ0n) is 22.7. The fourth-order valence-corrected chi connectivity index (χ4v) is 4.33. The highest BCUT2D eigenvalue weighted by Gasteiger charge is 2.38. The van der Waals surface area contributed by atoms with Gasteiger partial charge in [-0.3, -0.25) is 19.4 Å². The van der Waals surface area contributed by atoms with E-state index in [0.717, 1.165) is 44.9 Å². The number of amides is 2. The Morgan fingerprint density at radius 1 is 1.11 bits per heavy atom. The van der Waals surface area contributed by atoms with Gasteiger partial charge in [0.2, 0.25) is 11.8 Å². The van der Waals surface area contributed by atoms with Crippen molar-refractivity contribution in [3.8, 4) is 0 Å². The molecule has 1 aliphatic rings. The van der Waals surface area contributed by atoms with Gasteiger partial charge in [-0.1, -0.05) is 33.1 Å². The Morgan fingerprint density at radius 3 is 2.16 bits per heavy atom. The summed E-state index contributed by atoms with van der Waals surface area (Å²) in [6.45, 7) is 7.24. The number of aliphatic carboxylic acids is 1. The number of hydrogen-bond acceptors (Lipinski definition) is 5. The number of guanidine groups is 1. The van der Waals surface area contributed by atoms with Crippen molar-refractivity contribution in [1.29, 1.82) is 0 Å². The van der Waals surface area contributed by atoms with Crippen LogP contribution < -0.4 is 16.8 Å². The Balaban J connectivity index is 0.00000171. The van der Waals surface area contributed by atoms with Crippen molar-refractivity contribution in [3.63, 3.8) is 0 Å². The second-order valence-corrected chi connectivity index (χ2v) is 9.57. The lowest BCUT2D eigenvalue weighted by Gasteiger charge is -2.34. The van der Waals surface area contributed by atoms with Gasteiger partial charge < -0.3 is 26.8 Å². The number of aliphatic imine (C=N–C) groups is 1. The number of carbonyl (C=O) groups excluding carboxylic acids is 3. The number of carboxylic acid groups (broad SMARTS) is 1. The first-order chi connectivity index (χ1) is 17.7. The zero-order chi connectivity index (χ0) is 29.4. The lowest BCUT2D eigenvalue weighted by molar-refractivity contribution is -0.192. The first-order valence-corrected chi connectivity index (χ1v) is 13.1. The lowest BCUT2D eigenvalue weighted by atomic mass is 9.81. The third kappa shape index (κ3) is 14.2. The van der Waals surface area contributed by atoms with E-state index < -0.39 is 17.7 Å². The lowest BCUT2D eigenvalue weighted by Crippen LogP contribution is -2.54. The minimum absolute atomic E-state index is 0.00473. The second-order valence-electron chi connectivity index (χ2n) is 9.57. The molecule has 1 saturated heterocycles. The summed E-state index contributed by atoms with van der Waals surface area (Å²) in [5, 5.41) is 10.2. The van der Waals surface area contributed by atoms with Crippen LogP contribution in [0.4, 0.5) is 13.2 Å². The van der Waals surface area contributed by atoms with Gasteiger partial charge in [-0.15, -0.1) is 0 Å². The molecular weight excluding hydrogens is 507 g/mol. The monoisotopic (exact) mass is 551 g/mol. The fourth-order valence-electron chi connectivity index (χ4n) is 4.33. The molecule has 0 saturated carbocycles. The van der Waals surface area contributed by atoms with Crippen molar-refractivity contribution in [2.45, 2.75) is 103 Å². The minimum Gasteiger partial charge on any atom is -0.475 e. The first-order valence-electron chi connectivity index (χ1n) is 13.1. The number of halogens is 3. The zero-order valence-corrected chi connectivity index (χ0v) is 22.7. The van der Waals surface area contributed by atoms with Gasteiger partial charge in [-0.25, -0.2) is 4.79 Å². The summed E-state index contributed by atoms with van der Waals surface area (Å²) >= 11 is 0. The maximum absolute atomic E-state index is 13.4. The van der Waals surface area contributed by atoms with Crippen LogP contribution in [0.25, 0.3) is 0 Å². The summed E-state index contributed by atoms with van der Waals surface area (Å²) in [7, 11) is 0. The topological polar surface area (TPSA) is 168 Å². The van der Waals surface area contributed by atoms with Crippen LogP contribution >= 0.6 is 0 Å². The molecule has 1 fully saturated rings. The van der Waals surface area contributed by atoms with Crippen LogP contribution in [0.15, 0.2) is 4.99 Å². The van der Waals surface area contributed by atoms with Gasteiger partial charge in [-0.2, -0.15) is 13.2 Å². The third-order valence-electron chi connectivity index (χ3n) is 6.66. The van der Waals surface area contributed by atoms with E-state index in [4.69, 9.17) is 21.4 Å². The van der Waals surface area contributed by atoms with E-state index in [2.05, 4.69) is 10.3 Å². The number of rotatable bonds is 6. The van der Waals surface area contributed by atoms with Crippen molar-refractivity contribution in [2.75, 3.05) is 19.6 Å². The molecule has 220 valence electrons. The third-order valence-corrected chi connectivity index (χ3v) is 6.66. The molecule has 0 radical (unpaired) electrons. The summed E-state index contributed by atoms with van der Waals surface area (Å²) < 4.78 is 31.7. The van der Waals surface area contributed by atoms with Crippen LogP contribution in [0.1, 0.15) is 91.4 Å². The normalized spacial score (nSPS) is 19.6. The average Bonchev–Trinajstić information content (AvgIpc) is 2.82. The molecule has 10 nitrogen and oxygen atoms in total. The van der Waals surface area contributed by atoms with Crippen LogP contribution in [0.2, 0.25) is 0 Å². The maximum Gasteiger partial charge on any atom is 0.490 e. The Hall–Kier alpha value is -2.86. The summed E-state index contributed by atoms with van der Waals surface area (Å²) in [5.74, 6) is -2.64. The molecule has 0 aromatic carbocycles. The van der Waals surface area contributed by atoms with Crippen LogP contribution in [0, 0.1) is 5.92 Å². The van der Waals surface area contributed by atoms with E-state index in [9.17, 15) is 27.6 Å². The summed E-state index contributed by atoms with van der Waals surface area (Å²) in [4.78, 5) is 53.0. The summed E-state index contributed by atoms with van der Waals surface area (Å²) in [6.07, 6.45) is 3.13. The number of hydrogen-bond donors (Lipinski definition) is 4. The van der Waals surface area contributed by atoms with Crippen molar-refractivity contribution < 1.29 is 37.5 Å². The molecule has 0 aromatic heterocycles. The quantitative estimate of drug-likeness (QED) is 0.223. The van der Waals surface area contributed by atoms with Crippen molar-refractivity contribution >= 4 is 29.5 Å². The Bertz CT molecular complexity index is 797. The van der Waals surface area contributed by atoms with Gasteiger partial charge in [0.15, 0.2) is 11.7 Å². The molecule has 2 amide bonds. The molecule has 38 heavy (non-hydrogen) atoms. The molecule has 0 aromatic rings. The molecule has 1 heterocycles. The standard InChI is InChI=1S/C23H43N5O3.C2HF3O2/c1-4-23(5-2)20(30)16-19(12-11-14-26-22(24)25)17-28(18(3)29)15-10-8-6-7-9-13-21(31)27-23;3-2(4,5)1(6)7/h19H,4-17H2,1-3H3,(H,27,31)(H4,24,25,26);(H,6,7)/t19-;/m1./s1. The van der Waals surface area contributed by atoms with Crippen LogP contribution in [-0.4, -0.2) is 70.9 Å². The van der Waals surface area contributed by atoms with E-state index in [1.54, 1.807) is 6.92 Å². The highest BCUT2D eigenvalue weighted by atomic mass is 19.4. The molecule has 1 aliphatic heterocycles. The molecule has 0 bridgehead atoms. The molecule has 1 atom stereocenters. The summed E-state index contributed by atoms with van der Waals surface area (Å²) in [6, 6.07) is 0. The number of nitrogens with two attached hydrogens (primary N) is 2. The van der Waals surface area contributed by atoms with E-state index in [-0.39, 0.29) is 29.5 Å². The Kier molecular flexibility index (Phi) is 16.3. The van der Waals surface area contributed by atoms with Crippen LogP contribution in [0.5, 0.6) is 0 Å². The van der Waals surface area contributed by atoms with E-state index in [1.807, 2.05) is 18.7 Å². The fraction of sp³-hybridized carbons (Fsp3) is 0.800. The van der Waals surface area contributed by atoms with Gasteiger partial charge in [0.1, 0.15) is 0 Å².